The monoisotopic (exact) mass is 270 g/mol. The third-order valence-corrected chi connectivity index (χ3v) is 5.56. The van der Waals surface area contributed by atoms with Gasteiger partial charge in [-0.2, -0.15) is 4.79 Å². The minimum Gasteiger partial charge on any atom is -0.481 e. The predicted octanol–water partition coefficient (Wildman–Crippen LogP) is 2.70. The second-order valence-electron chi connectivity index (χ2n) is 7.00. The van der Waals surface area contributed by atoms with Crippen molar-refractivity contribution in [2.75, 3.05) is 0 Å². The van der Waals surface area contributed by atoms with Gasteiger partial charge >= 0.3 is 12.1 Å². The SMILES string of the molecule is CC[C@]1(C(=O)O)C[C@@H]2CC[C@H]1[N+]2(C(=O)O)C(C)(C)C. The van der Waals surface area contributed by atoms with Gasteiger partial charge in [-0.1, -0.05) is 6.92 Å². The Morgan fingerprint density at radius 3 is 2.11 bits per heavy atom. The minimum absolute atomic E-state index is 0.0708. The predicted molar refractivity (Wildman–Crippen MR) is 69.8 cm³/mol. The van der Waals surface area contributed by atoms with E-state index in [1.807, 2.05) is 27.7 Å². The highest BCUT2D eigenvalue weighted by Gasteiger charge is 2.75. The molecule has 5 heteroatoms. The quantitative estimate of drug-likeness (QED) is 0.756. The van der Waals surface area contributed by atoms with Gasteiger partial charge in [0, 0.05) is 19.3 Å². The Balaban J connectivity index is 2.61. The fourth-order valence-electron chi connectivity index (χ4n) is 4.83. The van der Waals surface area contributed by atoms with E-state index in [0.29, 0.717) is 19.3 Å². The van der Waals surface area contributed by atoms with E-state index < -0.39 is 23.0 Å². The van der Waals surface area contributed by atoms with Crippen molar-refractivity contribution in [1.29, 1.82) is 0 Å². The number of quaternary nitrogens is 1. The van der Waals surface area contributed by atoms with E-state index in [1.165, 1.54) is 0 Å². The summed E-state index contributed by atoms with van der Waals surface area (Å²) in [6.07, 6.45) is 1.66. The maximum absolute atomic E-state index is 12.0. The van der Waals surface area contributed by atoms with Crippen LogP contribution in [-0.4, -0.2) is 44.4 Å². The molecular weight excluding hydrogens is 246 g/mol. The zero-order valence-electron chi connectivity index (χ0n) is 12.1. The summed E-state index contributed by atoms with van der Waals surface area (Å²) in [5, 5.41) is 19.5. The number of rotatable bonds is 2. The molecule has 0 aliphatic carbocycles. The van der Waals surface area contributed by atoms with E-state index in [9.17, 15) is 19.8 Å². The molecule has 0 aromatic rings. The molecule has 2 saturated heterocycles. The lowest BCUT2D eigenvalue weighted by Gasteiger charge is -2.46. The third-order valence-electron chi connectivity index (χ3n) is 5.56. The lowest BCUT2D eigenvalue weighted by atomic mass is 9.72. The number of hydrogen-bond donors (Lipinski definition) is 2. The molecule has 2 aliphatic rings. The summed E-state index contributed by atoms with van der Waals surface area (Å²) < 4.78 is -0.0763. The maximum Gasteiger partial charge on any atom is 0.514 e. The van der Waals surface area contributed by atoms with E-state index in [2.05, 4.69) is 0 Å². The number of hydrogen-bond acceptors (Lipinski definition) is 2. The summed E-state index contributed by atoms with van der Waals surface area (Å²) in [7, 11) is 0. The molecule has 2 aliphatic heterocycles. The number of amides is 1. The van der Waals surface area contributed by atoms with Crippen molar-refractivity contribution in [2.45, 2.75) is 71.0 Å². The highest BCUT2D eigenvalue weighted by atomic mass is 16.4. The van der Waals surface area contributed by atoms with Crippen LogP contribution in [0.5, 0.6) is 0 Å². The topological polar surface area (TPSA) is 74.6 Å². The van der Waals surface area contributed by atoms with Crippen LogP contribution >= 0.6 is 0 Å². The number of carbonyl (C=O) groups is 2. The summed E-state index contributed by atoms with van der Waals surface area (Å²) in [5.74, 6) is -0.824. The highest BCUT2D eigenvalue weighted by molar-refractivity contribution is 5.77. The summed E-state index contributed by atoms with van der Waals surface area (Å²) in [4.78, 5) is 23.8. The number of carboxylic acid groups (broad SMARTS) is 2. The van der Waals surface area contributed by atoms with Crippen molar-refractivity contribution in [1.82, 2.24) is 0 Å². The molecule has 108 valence electrons. The average Bonchev–Trinajstić information content (AvgIpc) is 2.79. The van der Waals surface area contributed by atoms with E-state index in [1.54, 1.807) is 0 Å². The van der Waals surface area contributed by atoms with Gasteiger partial charge in [-0.3, -0.25) is 4.79 Å². The Morgan fingerprint density at radius 1 is 1.26 bits per heavy atom. The molecule has 1 unspecified atom stereocenters. The third kappa shape index (κ3) is 1.45. The maximum atomic E-state index is 12.0. The van der Waals surface area contributed by atoms with Gasteiger partial charge < -0.3 is 10.2 Å². The molecule has 0 saturated carbocycles. The Hall–Kier alpha value is -1.10. The van der Waals surface area contributed by atoms with Gasteiger partial charge in [0.2, 0.25) is 0 Å². The first-order valence-electron chi connectivity index (χ1n) is 7.00. The van der Waals surface area contributed by atoms with Crippen molar-refractivity contribution in [3.05, 3.63) is 0 Å². The van der Waals surface area contributed by atoms with Crippen LogP contribution in [0, 0.1) is 5.41 Å². The van der Waals surface area contributed by atoms with Gasteiger partial charge in [0.05, 0.1) is 0 Å². The molecule has 2 N–H and O–H groups in total. The average molecular weight is 270 g/mol. The number of aliphatic carboxylic acids is 1. The first-order chi connectivity index (χ1) is 8.64. The van der Waals surface area contributed by atoms with E-state index in [0.717, 1.165) is 6.42 Å². The van der Waals surface area contributed by atoms with Crippen LogP contribution in [0.15, 0.2) is 0 Å². The lowest BCUT2D eigenvalue weighted by Crippen LogP contribution is -2.67. The second-order valence-corrected chi connectivity index (χ2v) is 7.00. The largest absolute Gasteiger partial charge is 0.514 e. The first kappa shape index (κ1) is 14.3. The molecule has 0 radical (unpaired) electrons. The van der Waals surface area contributed by atoms with Gasteiger partial charge in [-0.05, 0) is 27.2 Å². The molecule has 2 bridgehead atoms. The molecule has 1 amide bonds. The molecule has 4 atom stereocenters. The van der Waals surface area contributed by atoms with Crippen molar-refractivity contribution in [3.8, 4) is 0 Å². The zero-order chi connectivity index (χ0) is 14.6. The number of fused-ring (bicyclic) bond motifs is 2. The lowest BCUT2D eigenvalue weighted by molar-refractivity contribution is -0.926. The first-order valence-corrected chi connectivity index (χ1v) is 7.00. The van der Waals surface area contributed by atoms with Crippen LogP contribution in [0.4, 0.5) is 4.79 Å². The fraction of sp³-hybridized carbons (Fsp3) is 0.857. The van der Waals surface area contributed by atoms with Crippen molar-refractivity contribution in [2.24, 2.45) is 5.41 Å². The van der Waals surface area contributed by atoms with Crippen LogP contribution in [0.1, 0.15) is 53.4 Å². The summed E-state index contributed by atoms with van der Waals surface area (Å²) >= 11 is 0. The number of nitrogens with zero attached hydrogens (tertiary/aromatic N) is 1. The van der Waals surface area contributed by atoms with E-state index in [-0.39, 0.29) is 16.6 Å². The molecule has 19 heavy (non-hydrogen) atoms. The Kier molecular flexibility index (Phi) is 2.97. The number of carboxylic acids is 1. The standard InChI is InChI=1S/C14H23NO4/c1-5-14(11(16)17)8-9-6-7-10(14)15(9,12(18)19)13(2,3)4/h9-10H,5-8H2,1-4H3,(H-,16,17,18,19)/p+1/t9-,10+,14-,15?/m0/s1. The fourth-order valence-corrected chi connectivity index (χ4v) is 4.83. The van der Waals surface area contributed by atoms with E-state index in [4.69, 9.17) is 0 Å². The molecule has 2 heterocycles. The summed E-state index contributed by atoms with van der Waals surface area (Å²) in [6.45, 7) is 7.62. The second kappa shape index (κ2) is 3.95. The normalized spacial score (nSPS) is 41.5. The van der Waals surface area contributed by atoms with Crippen LogP contribution < -0.4 is 0 Å². The molecular formula is C14H24NO4+. The van der Waals surface area contributed by atoms with Crippen LogP contribution in [-0.2, 0) is 4.79 Å². The summed E-state index contributed by atoms with van der Waals surface area (Å²) in [6, 6.07) is -0.379. The molecule has 5 nitrogen and oxygen atoms in total. The Bertz CT molecular complexity index is 428. The van der Waals surface area contributed by atoms with Crippen molar-refractivity contribution < 1.29 is 24.3 Å². The van der Waals surface area contributed by atoms with Gasteiger partial charge in [0.25, 0.3) is 0 Å². The van der Waals surface area contributed by atoms with Crippen molar-refractivity contribution >= 4 is 12.1 Å². The molecule has 0 aromatic carbocycles. The Morgan fingerprint density at radius 2 is 1.84 bits per heavy atom. The highest BCUT2D eigenvalue weighted by Crippen LogP contribution is 2.59. The van der Waals surface area contributed by atoms with Crippen LogP contribution in [0.3, 0.4) is 0 Å². The molecule has 2 rings (SSSR count). The smallest absolute Gasteiger partial charge is 0.481 e. The van der Waals surface area contributed by atoms with Crippen LogP contribution in [0.25, 0.3) is 0 Å². The Labute approximate surface area is 113 Å². The van der Waals surface area contributed by atoms with Gasteiger partial charge in [0.15, 0.2) is 0 Å². The summed E-state index contributed by atoms with van der Waals surface area (Å²) in [5.41, 5.74) is -1.35. The van der Waals surface area contributed by atoms with Gasteiger partial charge in [-0.15, -0.1) is 0 Å². The van der Waals surface area contributed by atoms with Gasteiger partial charge in [0.1, 0.15) is 23.0 Å². The van der Waals surface area contributed by atoms with Crippen LogP contribution in [0.2, 0.25) is 0 Å². The van der Waals surface area contributed by atoms with Crippen molar-refractivity contribution in [3.63, 3.8) is 0 Å². The van der Waals surface area contributed by atoms with Gasteiger partial charge in [-0.25, -0.2) is 4.48 Å². The minimum atomic E-state index is -0.866. The molecule has 0 spiro atoms. The zero-order valence-corrected chi connectivity index (χ0v) is 12.1. The molecule has 2 fully saturated rings. The molecule has 0 aromatic heterocycles. The van der Waals surface area contributed by atoms with E-state index >= 15 is 0 Å².